The molecule has 0 saturated heterocycles. The molecule has 0 spiro atoms. The summed E-state index contributed by atoms with van der Waals surface area (Å²) < 4.78 is 36.4. The minimum atomic E-state index is -4.27. The van der Waals surface area contributed by atoms with Crippen LogP contribution in [0.4, 0.5) is 13.2 Å². The molecule has 0 aliphatic heterocycles. The Morgan fingerprint density at radius 2 is 1.00 bits per heavy atom. The Bertz CT molecular complexity index is 1050. The van der Waals surface area contributed by atoms with Crippen molar-refractivity contribution >= 4 is 0 Å². The molecule has 4 rings (SSSR count). The van der Waals surface area contributed by atoms with Gasteiger partial charge in [-0.1, -0.05) is 6.07 Å². The Morgan fingerprint density at radius 1 is 0.556 bits per heavy atom. The summed E-state index contributed by atoms with van der Waals surface area (Å²) in [5.74, 6) is 0.838. The highest BCUT2D eigenvalue weighted by molar-refractivity contribution is 5.22. The first-order chi connectivity index (χ1) is 16.8. The Balaban J connectivity index is 0.000000244. The van der Waals surface area contributed by atoms with E-state index in [1.165, 1.54) is 0 Å². The van der Waals surface area contributed by atoms with Crippen LogP contribution < -0.4 is 0 Å². The summed E-state index contributed by atoms with van der Waals surface area (Å²) >= 11 is 0. The highest BCUT2D eigenvalue weighted by Gasteiger charge is 2.30. The normalized spacial score (nSPS) is 10.1. The average Bonchev–Trinajstić information content (AvgIpc) is 2.73. The van der Waals surface area contributed by atoms with Gasteiger partial charge in [-0.15, -0.1) is 0 Å². The van der Waals surface area contributed by atoms with Crippen LogP contribution in [-0.2, 0) is 6.18 Å². The van der Waals surface area contributed by atoms with Crippen LogP contribution in [-0.4, -0.2) is 29.9 Å². The third-order valence-electron chi connectivity index (χ3n) is 4.23. The largest absolute Gasteiger partial charge is 0.416 e. The number of aromatic nitrogens is 6. The fourth-order valence-corrected chi connectivity index (χ4v) is 2.84. The Kier molecular flexibility index (Phi) is 12.3. The summed E-state index contributed by atoms with van der Waals surface area (Å²) in [5.41, 5.74) is 5.31. The number of hydrogen-bond acceptors (Lipinski definition) is 6. The molecule has 4 aromatic rings. The number of pyridine rings is 2. The summed E-state index contributed by atoms with van der Waals surface area (Å²) in [6.45, 7) is 14.8. The summed E-state index contributed by atoms with van der Waals surface area (Å²) in [5, 5.41) is 0. The van der Waals surface area contributed by atoms with Crippen molar-refractivity contribution in [3.05, 3.63) is 106 Å². The van der Waals surface area contributed by atoms with Crippen LogP contribution in [0.3, 0.4) is 0 Å². The zero-order valence-corrected chi connectivity index (χ0v) is 22.0. The van der Waals surface area contributed by atoms with Gasteiger partial charge in [0.05, 0.1) is 17.0 Å². The standard InChI is InChI=1S/C8H8F3N.C7H9N.2C6H8N2/c1-5-3-7(8(9,10)11)4-6(2)12-5;1-6-4-3-5-7(2)8-6;1-5-3-7-4-6(2)8-5;1-5-3-4-7-6(2)8-5/h3-4H,1-2H3;3-5H,1-2H3;2*3-4H,1-2H3. The van der Waals surface area contributed by atoms with Gasteiger partial charge in [-0.25, -0.2) is 9.97 Å². The van der Waals surface area contributed by atoms with Gasteiger partial charge in [-0.2, -0.15) is 13.2 Å². The molecule has 6 nitrogen and oxygen atoms in total. The summed E-state index contributed by atoms with van der Waals surface area (Å²) in [4.78, 5) is 24.0. The van der Waals surface area contributed by atoms with E-state index in [1.807, 2.05) is 65.8 Å². The van der Waals surface area contributed by atoms with Crippen molar-refractivity contribution in [2.75, 3.05) is 0 Å². The molecule has 0 radical (unpaired) electrons. The lowest BCUT2D eigenvalue weighted by atomic mass is 10.2. The molecule has 9 heteroatoms. The van der Waals surface area contributed by atoms with Crippen molar-refractivity contribution in [2.24, 2.45) is 0 Å². The van der Waals surface area contributed by atoms with E-state index in [2.05, 4.69) is 29.9 Å². The van der Waals surface area contributed by atoms with Crippen molar-refractivity contribution < 1.29 is 13.2 Å². The zero-order chi connectivity index (χ0) is 27.3. The number of rotatable bonds is 0. The van der Waals surface area contributed by atoms with Gasteiger partial charge in [0.1, 0.15) is 5.82 Å². The van der Waals surface area contributed by atoms with Crippen LogP contribution in [0.15, 0.2) is 55.0 Å². The zero-order valence-electron chi connectivity index (χ0n) is 22.0. The molecule has 0 amide bonds. The number of hydrogen-bond donors (Lipinski definition) is 0. The number of alkyl halides is 3. The van der Waals surface area contributed by atoms with Gasteiger partial charge >= 0.3 is 6.18 Å². The maximum Gasteiger partial charge on any atom is 0.416 e. The van der Waals surface area contributed by atoms with E-state index < -0.39 is 11.7 Å². The minimum Gasteiger partial charge on any atom is -0.261 e. The third kappa shape index (κ3) is 13.2. The first-order valence-corrected chi connectivity index (χ1v) is 11.2. The molecule has 36 heavy (non-hydrogen) atoms. The van der Waals surface area contributed by atoms with Gasteiger partial charge in [0.25, 0.3) is 0 Å². The lowest BCUT2D eigenvalue weighted by Gasteiger charge is -2.07. The molecule has 0 aliphatic carbocycles. The average molecular weight is 499 g/mol. The van der Waals surface area contributed by atoms with Gasteiger partial charge in [0.15, 0.2) is 0 Å². The second kappa shape index (κ2) is 14.6. The van der Waals surface area contributed by atoms with E-state index in [0.29, 0.717) is 11.4 Å². The van der Waals surface area contributed by atoms with E-state index in [1.54, 1.807) is 32.4 Å². The fourth-order valence-electron chi connectivity index (χ4n) is 2.84. The van der Waals surface area contributed by atoms with Crippen molar-refractivity contribution in [3.8, 4) is 0 Å². The molecule has 0 atom stereocenters. The molecule has 0 aliphatic rings. The first kappa shape index (κ1) is 30.3. The van der Waals surface area contributed by atoms with E-state index in [0.717, 1.165) is 46.4 Å². The van der Waals surface area contributed by atoms with Crippen LogP contribution in [0.2, 0.25) is 0 Å². The molecule has 0 unspecified atom stereocenters. The Labute approximate surface area is 211 Å². The molecule has 192 valence electrons. The summed E-state index contributed by atoms with van der Waals surface area (Å²) in [7, 11) is 0. The third-order valence-corrected chi connectivity index (χ3v) is 4.23. The van der Waals surface area contributed by atoms with Gasteiger partial charge in [-0.3, -0.25) is 19.9 Å². The van der Waals surface area contributed by atoms with Gasteiger partial charge in [-0.05, 0) is 85.7 Å². The second-order valence-corrected chi connectivity index (χ2v) is 8.10. The maximum atomic E-state index is 12.1. The fraction of sp³-hybridized carbons (Fsp3) is 0.333. The van der Waals surface area contributed by atoms with Crippen LogP contribution in [0, 0.1) is 55.4 Å². The van der Waals surface area contributed by atoms with Gasteiger partial charge in [0, 0.05) is 47.1 Å². The van der Waals surface area contributed by atoms with Crippen molar-refractivity contribution in [3.63, 3.8) is 0 Å². The molecule has 0 N–H and O–H groups in total. The van der Waals surface area contributed by atoms with Crippen LogP contribution in [0.25, 0.3) is 0 Å². The van der Waals surface area contributed by atoms with E-state index >= 15 is 0 Å². The van der Waals surface area contributed by atoms with E-state index in [9.17, 15) is 13.2 Å². The predicted molar refractivity (Wildman–Crippen MR) is 135 cm³/mol. The Morgan fingerprint density at radius 3 is 1.31 bits per heavy atom. The van der Waals surface area contributed by atoms with Gasteiger partial charge < -0.3 is 0 Å². The maximum absolute atomic E-state index is 12.1. The summed E-state index contributed by atoms with van der Waals surface area (Å²) in [6, 6.07) is 9.95. The van der Waals surface area contributed by atoms with Crippen LogP contribution in [0.5, 0.6) is 0 Å². The minimum absolute atomic E-state index is 0.391. The monoisotopic (exact) mass is 498 g/mol. The molecular formula is C27H33F3N6. The van der Waals surface area contributed by atoms with E-state index in [4.69, 9.17) is 0 Å². The van der Waals surface area contributed by atoms with Gasteiger partial charge in [0.2, 0.25) is 0 Å². The predicted octanol–water partition coefficient (Wildman–Crippen LogP) is 6.60. The highest BCUT2D eigenvalue weighted by Crippen LogP contribution is 2.29. The van der Waals surface area contributed by atoms with Crippen molar-refractivity contribution in [2.45, 2.75) is 61.6 Å². The topological polar surface area (TPSA) is 77.3 Å². The number of halogens is 3. The first-order valence-electron chi connectivity index (χ1n) is 11.2. The summed E-state index contributed by atoms with van der Waals surface area (Å²) in [6.07, 6.45) is 0.982. The highest BCUT2D eigenvalue weighted by atomic mass is 19.4. The van der Waals surface area contributed by atoms with Crippen LogP contribution in [0.1, 0.15) is 51.2 Å². The van der Waals surface area contributed by atoms with E-state index in [-0.39, 0.29) is 0 Å². The molecule has 4 heterocycles. The smallest absolute Gasteiger partial charge is 0.261 e. The molecule has 0 bridgehead atoms. The Hall–Kier alpha value is -3.75. The number of nitrogens with zero attached hydrogens (tertiary/aromatic N) is 6. The lowest BCUT2D eigenvalue weighted by Crippen LogP contribution is -2.06. The van der Waals surface area contributed by atoms with Crippen molar-refractivity contribution in [1.82, 2.24) is 29.9 Å². The van der Waals surface area contributed by atoms with Crippen LogP contribution >= 0.6 is 0 Å². The molecule has 4 aromatic heterocycles. The molecule has 0 fully saturated rings. The second-order valence-electron chi connectivity index (χ2n) is 8.10. The molecule has 0 saturated carbocycles. The van der Waals surface area contributed by atoms with Crippen molar-refractivity contribution in [1.29, 1.82) is 0 Å². The molecular weight excluding hydrogens is 465 g/mol. The molecule has 0 aromatic carbocycles. The quantitative estimate of drug-likeness (QED) is 0.272. The SMILES string of the molecule is Cc1cc(C(F)(F)F)cc(C)n1.Cc1cccc(C)n1.Cc1ccnc(C)n1.Cc1cncc(C)n1. The lowest BCUT2D eigenvalue weighted by molar-refractivity contribution is -0.137. The number of aryl methyl sites for hydroxylation is 8.